The van der Waals surface area contributed by atoms with Gasteiger partial charge in [0.05, 0.1) is 9.82 Å². The lowest BCUT2D eigenvalue weighted by atomic mass is 10.2. The molecule has 1 aliphatic rings. The molecule has 26 heavy (non-hydrogen) atoms. The summed E-state index contributed by atoms with van der Waals surface area (Å²) < 4.78 is 32.9. The molecule has 1 aromatic rings. The van der Waals surface area contributed by atoms with Gasteiger partial charge in [-0.1, -0.05) is 0 Å². The number of hydrogen-bond donors (Lipinski definition) is 1. The number of rotatable bonds is 4. The van der Waals surface area contributed by atoms with Crippen molar-refractivity contribution in [1.82, 2.24) is 9.62 Å². The monoisotopic (exact) mass is 385 g/mol. The van der Waals surface area contributed by atoms with Crippen LogP contribution >= 0.6 is 0 Å². The molecule has 0 radical (unpaired) electrons. The molecule has 0 spiro atoms. The summed E-state index contributed by atoms with van der Waals surface area (Å²) in [7, 11) is -3.85. The van der Waals surface area contributed by atoms with Gasteiger partial charge in [-0.3, -0.25) is 10.1 Å². The Balaban J connectivity index is 2.08. The molecule has 10 heteroatoms. The van der Waals surface area contributed by atoms with E-state index >= 15 is 0 Å². The highest BCUT2D eigenvalue weighted by Gasteiger charge is 2.38. The predicted molar refractivity (Wildman–Crippen MR) is 94.2 cm³/mol. The standard InChI is InChI=1S/C16H23N3O6S/c1-11-14(9-10-18(11)15(20)25-16(2,3)4)17-26(23,24)13-7-5-12(6-8-13)19(21)22/h5-8,11,14,17H,9-10H2,1-4H3/t11-,14-/m0/s1. The molecule has 0 aliphatic carbocycles. The van der Waals surface area contributed by atoms with Gasteiger partial charge in [0.15, 0.2) is 0 Å². The minimum absolute atomic E-state index is 0.0639. The van der Waals surface area contributed by atoms with Crippen LogP contribution in [0.25, 0.3) is 0 Å². The van der Waals surface area contributed by atoms with Gasteiger partial charge in [-0.15, -0.1) is 0 Å². The zero-order valence-corrected chi connectivity index (χ0v) is 15.9. The molecule has 1 N–H and O–H groups in total. The molecule has 1 aliphatic heterocycles. The van der Waals surface area contributed by atoms with Crippen LogP contribution in [0.5, 0.6) is 0 Å². The second-order valence-electron chi connectivity index (χ2n) is 7.18. The third-order valence-electron chi connectivity index (χ3n) is 4.05. The normalized spacial score (nSPS) is 20.8. The molecule has 2 rings (SSSR count). The van der Waals surface area contributed by atoms with E-state index in [4.69, 9.17) is 4.74 Å². The van der Waals surface area contributed by atoms with Crippen LogP contribution in [0.1, 0.15) is 34.1 Å². The Morgan fingerprint density at radius 3 is 2.38 bits per heavy atom. The maximum Gasteiger partial charge on any atom is 0.410 e. The van der Waals surface area contributed by atoms with Crippen LogP contribution in [0, 0.1) is 10.1 Å². The van der Waals surface area contributed by atoms with E-state index < -0.39 is 32.7 Å². The molecule has 144 valence electrons. The summed E-state index contributed by atoms with van der Waals surface area (Å²) in [6.45, 7) is 7.42. The first-order valence-electron chi connectivity index (χ1n) is 8.17. The van der Waals surface area contributed by atoms with E-state index in [2.05, 4.69) is 4.72 Å². The van der Waals surface area contributed by atoms with E-state index in [0.717, 1.165) is 12.1 Å². The quantitative estimate of drug-likeness (QED) is 0.627. The van der Waals surface area contributed by atoms with Gasteiger partial charge in [0.1, 0.15) is 5.60 Å². The Hall–Kier alpha value is -2.20. The highest BCUT2D eigenvalue weighted by Crippen LogP contribution is 2.23. The van der Waals surface area contributed by atoms with Gasteiger partial charge in [0.25, 0.3) is 5.69 Å². The van der Waals surface area contributed by atoms with Crippen molar-refractivity contribution in [2.45, 2.75) is 56.7 Å². The number of nitrogens with one attached hydrogen (secondary N) is 1. The molecule has 0 saturated carbocycles. The van der Waals surface area contributed by atoms with Gasteiger partial charge in [-0.2, -0.15) is 0 Å². The van der Waals surface area contributed by atoms with Crippen LogP contribution in [-0.2, 0) is 14.8 Å². The Kier molecular flexibility index (Phi) is 5.57. The van der Waals surface area contributed by atoms with Gasteiger partial charge in [-0.25, -0.2) is 17.9 Å². The third-order valence-corrected chi connectivity index (χ3v) is 5.55. The molecule has 1 fully saturated rings. The largest absolute Gasteiger partial charge is 0.444 e. The summed E-state index contributed by atoms with van der Waals surface area (Å²) in [5.74, 6) is 0. The summed E-state index contributed by atoms with van der Waals surface area (Å²) in [5, 5.41) is 10.7. The number of ether oxygens (including phenoxy) is 1. The van der Waals surface area contributed by atoms with E-state index in [1.807, 2.05) is 0 Å². The molecule has 1 amide bonds. The van der Waals surface area contributed by atoms with Crippen molar-refractivity contribution in [3.05, 3.63) is 34.4 Å². The molecule has 9 nitrogen and oxygen atoms in total. The fourth-order valence-electron chi connectivity index (χ4n) is 2.69. The van der Waals surface area contributed by atoms with Gasteiger partial charge in [0, 0.05) is 30.8 Å². The van der Waals surface area contributed by atoms with Crippen LogP contribution in [0.3, 0.4) is 0 Å². The van der Waals surface area contributed by atoms with E-state index in [-0.39, 0.29) is 16.6 Å². The average molecular weight is 385 g/mol. The lowest BCUT2D eigenvalue weighted by molar-refractivity contribution is -0.384. The van der Waals surface area contributed by atoms with Crippen molar-refractivity contribution in [2.75, 3.05) is 6.54 Å². The number of benzene rings is 1. The summed E-state index contributed by atoms with van der Waals surface area (Å²) in [5.41, 5.74) is -0.818. The Labute approximate surface area is 152 Å². The fourth-order valence-corrected chi connectivity index (χ4v) is 4.03. The first-order chi connectivity index (χ1) is 11.9. The van der Waals surface area contributed by atoms with E-state index in [1.54, 1.807) is 27.7 Å². The Bertz CT molecular complexity index is 785. The van der Waals surface area contributed by atoms with Gasteiger partial charge < -0.3 is 9.64 Å². The summed E-state index contributed by atoms with van der Waals surface area (Å²) in [6.07, 6.45) is -0.0332. The number of nitro groups is 1. The van der Waals surface area contributed by atoms with Crippen LogP contribution in [0.2, 0.25) is 0 Å². The zero-order chi connectivity index (χ0) is 19.7. The van der Waals surface area contributed by atoms with Crippen molar-refractivity contribution in [1.29, 1.82) is 0 Å². The van der Waals surface area contributed by atoms with Crippen molar-refractivity contribution < 1.29 is 22.9 Å². The minimum Gasteiger partial charge on any atom is -0.444 e. The number of nitro benzene ring substituents is 1. The topological polar surface area (TPSA) is 119 Å². The van der Waals surface area contributed by atoms with Gasteiger partial charge in [0.2, 0.25) is 10.0 Å². The molecule has 1 saturated heterocycles. The predicted octanol–water partition coefficient (Wildman–Crippen LogP) is 2.27. The number of carbonyl (C=O) groups is 1. The van der Waals surface area contributed by atoms with E-state index in [9.17, 15) is 23.3 Å². The third kappa shape index (κ3) is 4.70. The summed E-state index contributed by atoms with van der Waals surface area (Å²) >= 11 is 0. The molecule has 1 heterocycles. The first-order valence-corrected chi connectivity index (χ1v) is 9.65. The molecule has 2 atom stereocenters. The maximum absolute atomic E-state index is 12.5. The van der Waals surface area contributed by atoms with Crippen LogP contribution in [0.15, 0.2) is 29.2 Å². The SMILES string of the molecule is C[C@H]1[C@@H](NS(=O)(=O)c2ccc([N+](=O)[O-])cc2)CCN1C(=O)OC(C)(C)C. The van der Waals surface area contributed by atoms with Crippen LogP contribution in [-0.4, -0.2) is 48.6 Å². The zero-order valence-electron chi connectivity index (χ0n) is 15.1. The number of amides is 1. The van der Waals surface area contributed by atoms with Gasteiger partial charge >= 0.3 is 6.09 Å². The van der Waals surface area contributed by atoms with Crippen LogP contribution in [0.4, 0.5) is 10.5 Å². The number of nitrogens with zero attached hydrogens (tertiary/aromatic N) is 2. The highest BCUT2D eigenvalue weighted by atomic mass is 32.2. The highest BCUT2D eigenvalue weighted by molar-refractivity contribution is 7.89. The molecule has 0 aromatic heterocycles. The van der Waals surface area contributed by atoms with E-state index in [1.165, 1.54) is 17.0 Å². The maximum atomic E-state index is 12.5. The summed E-state index contributed by atoms with van der Waals surface area (Å²) in [6, 6.07) is 3.80. The minimum atomic E-state index is -3.85. The average Bonchev–Trinajstić information content (AvgIpc) is 2.86. The van der Waals surface area contributed by atoms with Crippen molar-refractivity contribution in [3.63, 3.8) is 0 Å². The molecule has 1 aromatic carbocycles. The molecule has 0 unspecified atom stereocenters. The van der Waals surface area contributed by atoms with Gasteiger partial charge in [-0.05, 0) is 46.2 Å². The smallest absolute Gasteiger partial charge is 0.410 e. The molecule has 0 bridgehead atoms. The summed E-state index contributed by atoms with van der Waals surface area (Å²) in [4.78, 5) is 23.7. The van der Waals surface area contributed by atoms with Crippen molar-refractivity contribution in [3.8, 4) is 0 Å². The number of likely N-dealkylation sites (tertiary alicyclic amines) is 1. The van der Waals surface area contributed by atoms with Crippen molar-refractivity contribution >= 4 is 21.8 Å². The lowest BCUT2D eigenvalue weighted by Gasteiger charge is -2.28. The van der Waals surface area contributed by atoms with E-state index in [0.29, 0.717) is 13.0 Å². The number of sulfonamides is 1. The lowest BCUT2D eigenvalue weighted by Crippen LogP contribution is -2.46. The van der Waals surface area contributed by atoms with Crippen molar-refractivity contribution in [2.24, 2.45) is 0 Å². The van der Waals surface area contributed by atoms with Crippen LogP contribution < -0.4 is 4.72 Å². The Morgan fingerprint density at radius 1 is 1.31 bits per heavy atom. The second-order valence-corrected chi connectivity index (χ2v) is 8.90. The molecular formula is C16H23N3O6S. The number of non-ortho nitro benzene ring substituents is 1. The number of hydrogen-bond acceptors (Lipinski definition) is 6. The first kappa shape index (κ1) is 20.1. The Morgan fingerprint density at radius 2 is 1.88 bits per heavy atom. The second kappa shape index (κ2) is 7.20. The number of carbonyl (C=O) groups excluding carboxylic acids is 1. The molecular weight excluding hydrogens is 362 g/mol. The fraction of sp³-hybridized carbons (Fsp3) is 0.562.